The molecule has 0 spiro atoms. The fourth-order valence-corrected chi connectivity index (χ4v) is 5.02. The molecular weight excluding hydrogens is 408 g/mol. The second-order valence-electron chi connectivity index (χ2n) is 9.44. The number of methoxy groups -OCH3 is 2. The molecule has 172 valence electrons. The summed E-state index contributed by atoms with van der Waals surface area (Å²) in [6.45, 7) is 8.24. The van der Waals surface area contributed by atoms with Crippen LogP contribution in [0, 0.1) is 5.41 Å². The molecule has 0 radical (unpaired) electrons. The van der Waals surface area contributed by atoms with Crippen LogP contribution in [0.25, 0.3) is 0 Å². The lowest BCUT2D eigenvalue weighted by molar-refractivity contribution is -0.131. The molecule has 0 unspecified atom stereocenters. The predicted molar refractivity (Wildman–Crippen MR) is 121 cm³/mol. The van der Waals surface area contributed by atoms with Crippen molar-refractivity contribution in [3.63, 3.8) is 0 Å². The van der Waals surface area contributed by atoms with Crippen molar-refractivity contribution >= 4 is 11.7 Å². The number of ketones is 1. The number of nitrogens with zero attached hydrogens (tertiary/aromatic N) is 1. The third-order valence-corrected chi connectivity index (χ3v) is 6.52. The van der Waals surface area contributed by atoms with Gasteiger partial charge in [-0.25, -0.2) is 0 Å². The summed E-state index contributed by atoms with van der Waals surface area (Å²) in [6, 6.07) is 5.57. The third-order valence-electron chi connectivity index (χ3n) is 6.52. The highest BCUT2D eigenvalue weighted by molar-refractivity contribution is 6.05. The van der Waals surface area contributed by atoms with Crippen molar-refractivity contribution in [2.75, 3.05) is 40.5 Å². The van der Waals surface area contributed by atoms with E-state index in [2.05, 4.69) is 19.2 Å². The van der Waals surface area contributed by atoms with Gasteiger partial charge >= 0.3 is 0 Å². The third kappa shape index (κ3) is 4.01. The van der Waals surface area contributed by atoms with Crippen molar-refractivity contribution in [2.24, 2.45) is 5.41 Å². The lowest BCUT2D eigenvalue weighted by Crippen LogP contribution is -2.45. The highest BCUT2D eigenvalue weighted by Gasteiger charge is 2.44. The number of dihydropyridines is 1. The molecule has 7 nitrogen and oxygen atoms in total. The molecule has 4 rings (SSSR count). The minimum atomic E-state index is -0.494. The standard InChI is InChI=1S/C25H32N2O5/c1-15-21(24(29)27-8-10-32-11-9-27)22(17-7-6-16(30-4)12-20(17)31-5)23-18(26-15)13-25(2,3)14-19(23)28/h6-7,12,22,26H,8-11,13-14H2,1-5H3/t22-/m1/s1. The van der Waals surface area contributed by atoms with Gasteiger partial charge in [-0.2, -0.15) is 0 Å². The van der Waals surface area contributed by atoms with Crippen molar-refractivity contribution in [3.05, 3.63) is 46.3 Å². The van der Waals surface area contributed by atoms with E-state index in [-0.39, 0.29) is 17.1 Å². The number of allylic oxidation sites excluding steroid dienone is 3. The van der Waals surface area contributed by atoms with E-state index < -0.39 is 5.92 Å². The van der Waals surface area contributed by atoms with E-state index in [0.29, 0.717) is 55.4 Å². The van der Waals surface area contributed by atoms with Gasteiger partial charge in [-0.05, 0) is 24.8 Å². The molecule has 32 heavy (non-hydrogen) atoms. The molecule has 1 amide bonds. The molecule has 7 heteroatoms. The Labute approximate surface area is 189 Å². The average molecular weight is 441 g/mol. The SMILES string of the molecule is COc1ccc([C@@H]2C(C(=O)N3CCOCC3)=C(C)NC3=C2C(=O)CC(C)(C)C3)c(OC)c1. The van der Waals surface area contributed by atoms with E-state index in [4.69, 9.17) is 14.2 Å². The smallest absolute Gasteiger partial charge is 0.252 e. The fourth-order valence-electron chi connectivity index (χ4n) is 5.02. The van der Waals surface area contributed by atoms with Crippen molar-refractivity contribution in [1.82, 2.24) is 10.2 Å². The van der Waals surface area contributed by atoms with Gasteiger partial charge in [-0.1, -0.05) is 19.9 Å². The number of benzene rings is 1. The van der Waals surface area contributed by atoms with E-state index >= 15 is 0 Å². The zero-order valence-corrected chi connectivity index (χ0v) is 19.5. The van der Waals surface area contributed by atoms with Gasteiger partial charge in [0.2, 0.25) is 0 Å². The first-order valence-electron chi connectivity index (χ1n) is 11.1. The first-order valence-corrected chi connectivity index (χ1v) is 11.1. The first kappa shape index (κ1) is 22.4. The molecule has 1 saturated heterocycles. The van der Waals surface area contributed by atoms with E-state index in [1.54, 1.807) is 20.3 Å². The number of ether oxygens (including phenoxy) is 3. The van der Waals surface area contributed by atoms with Gasteiger partial charge < -0.3 is 24.4 Å². The maximum atomic E-state index is 13.8. The second-order valence-corrected chi connectivity index (χ2v) is 9.44. The highest BCUT2D eigenvalue weighted by Crippen LogP contribution is 2.49. The average Bonchev–Trinajstić information content (AvgIpc) is 2.77. The number of carbonyl (C=O) groups excluding carboxylic acids is 2. The number of rotatable bonds is 4. The summed E-state index contributed by atoms with van der Waals surface area (Å²) in [7, 11) is 3.20. The van der Waals surface area contributed by atoms with Crippen LogP contribution in [-0.2, 0) is 14.3 Å². The number of nitrogens with one attached hydrogen (secondary N) is 1. The Morgan fingerprint density at radius 3 is 2.53 bits per heavy atom. The zero-order chi connectivity index (χ0) is 23.0. The molecule has 3 aliphatic rings. The van der Waals surface area contributed by atoms with Gasteiger partial charge in [-0.3, -0.25) is 9.59 Å². The second kappa shape index (κ2) is 8.62. The first-order chi connectivity index (χ1) is 15.3. The molecule has 1 aromatic carbocycles. The molecular formula is C25H32N2O5. The molecule has 1 aliphatic carbocycles. The van der Waals surface area contributed by atoms with Crippen LogP contribution in [0.1, 0.15) is 45.1 Å². The lowest BCUT2D eigenvalue weighted by atomic mass is 9.68. The Morgan fingerprint density at radius 2 is 1.88 bits per heavy atom. The van der Waals surface area contributed by atoms with Gasteiger partial charge in [0.25, 0.3) is 5.91 Å². The largest absolute Gasteiger partial charge is 0.497 e. The normalized spacial score (nSPS) is 23.0. The highest BCUT2D eigenvalue weighted by atomic mass is 16.5. The van der Waals surface area contributed by atoms with E-state index in [1.807, 2.05) is 24.0 Å². The molecule has 1 fully saturated rings. The van der Waals surface area contributed by atoms with Gasteiger partial charge in [0.1, 0.15) is 11.5 Å². The molecule has 2 heterocycles. The molecule has 1 aromatic rings. The minimum Gasteiger partial charge on any atom is -0.497 e. The van der Waals surface area contributed by atoms with Crippen LogP contribution >= 0.6 is 0 Å². The number of carbonyl (C=O) groups is 2. The number of hydrogen-bond donors (Lipinski definition) is 1. The topological polar surface area (TPSA) is 77.1 Å². The summed E-state index contributed by atoms with van der Waals surface area (Å²) in [5, 5.41) is 3.43. The summed E-state index contributed by atoms with van der Waals surface area (Å²) in [5.74, 6) is 0.773. The minimum absolute atomic E-state index is 0.0645. The van der Waals surface area contributed by atoms with Crippen LogP contribution in [0.5, 0.6) is 11.5 Å². The number of amides is 1. The molecule has 0 saturated carbocycles. The number of Topliss-reactive ketones (excluding diaryl/α,β-unsaturated/α-hetero) is 1. The Hall–Kier alpha value is -2.80. The van der Waals surface area contributed by atoms with Crippen molar-refractivity contribution in [1.29, 1.82) is 0 Å². The van der Waals surface area contributed by atoms with Crippen LogP contribution in [0.3, 0.4) is 0 Å². The summed E-state index contributed by atoms with van der Waals surface area (Å²) < 4.78 is 16.5. The van der Waals surface area contributed by atoms with Gasteiger partial charge in [-0.15, -0.1) is 0 Å². The van der Waals surface area contributed by atoms with Crippen LogP contribution < -0.4 is 14.8 Å². The van der Waals surface area contributed by atoms with Crippen LogP contribution in [0.15, 0.2) is 40.7 Å². The number of morpholine rings is 1. The molecule has 2 aliphatic heterocycles. The Morgan fingerprint density at radius 1 is 1.16 bits per heavy atom. The van der Waals surface area contributed by atoms with Crippen molar-refractivity contribution in [2.45, 2.75) is 39.5 Å². The van der Waals surface area contributed by atoms with Crippen molar-refractivity contribution < 1.29 is 23.8 Å². The van der Waals surface area contributed by atoms with E-state index in [9.17, 15) is 9.59 Å². The Balaban J connectivity index is 1.88. The van der Waals surface area contributed by atoms with E-state index in [0.717, 1.165) is 23.4 Å². The monoisotopic (exact) mass is 440 g/mol. The lowest BCUT2D eigenvalue weighted by Gasteiger charge is -2.41. The summed E-state index contributed by atoms with van der Waals surface area (Å²) in [6.07, 6.45) is 1.19. The predicted octanol–water partition coefficient (Wildman–Crippen LogP) is 3.17. The maximum Gasteiger partial charge on any atom is 0.252 e. The number of hydrogen-bond acceptors (Lipinski definition) is 6. The summed E-state index contributed by atoms with van der Waals surface area (Å²) in [4.78, 5) is 29.0. The maximum absolute atomic E-state index is 13.8. The van der Waals surface area contributed by atoms with Crippen LogP contribution in [0.4, 0.5) is 0 Å². The molecule has 1 N–H and O–H groups in total. The van der Waals surface area contributed by atoms with Gasteiger partial charge in [0.05, 0.1) is 33.4 Å². The molecule has 0 bridgehead atoms. The van der Waals surface area contributed by atoms with E-state index in [1.165, 1.54) is 0 Å². The molecule has 0 aromatic heterocycles. The van der Waals surface area contributed by atoms with Gasteiger partial charge in [0.15, 0.2) is 5.78 Å². The Bertz CT molecular complexity index is 1000. The quantitative estimate of drug-likeness (QED) is 0.775. The summed E-state index contributed by atoms with van der Waals surface area (Å²) in [5.41, 5.74) is 3.63. The van der Waals surface area contributed by atoms with Crippen LogP contribution in [-0.4, -0.2) is 57.1 Å². The zero-order valence-electron chi connectivity index (χ0n) is 19.5. The van der Waals surface area contributed by atoms with Crippen molar-refractivity contribution in [3.8, 4) is 11.5 Å². The Kier molecular flexibility index (Phi) is 6.03. The fraction of sp³-hybridized carbons (Fsp3) is 0.520. The molecule has 1 atom stereocenters. The van der Waals surface area contributed by atoms with Crippen LogP contribution in [0.2, 0.25) is 0 Å². The summed E-state index contributed by atoms with van der Waals surface area (Å²) >= 11 is 0. The van der Waals surface area contributed by atoms with Gasteiger partial charge in [0, 0.05) is 53.7 Å².